The van der Waals surface area contributed by atoms with Crippen LogP contribution >= 0.6 is 0 Å². The molecule has 1 heterocycles. The summed E-state index contributed by atoms with van der Waals surface area (Å²) < 4.78 is 36.2. The molecule has 0 radical (unpaired) electrons. The van der Waals surface area contributed by atoms with Gasteiger partial charge in [-0.25, -0.2) is 4.98 Å². The molecule has 1 atom stereocenters. The molecule has 1 unspecified atom stereocenters. The Kier molecular flexibility index (Phi) is 2.60. The van der Waals surface area contributed by atoms with Crippen molar-refractivity contribution in [2.45, 2.75) is 19.0 Å². The molecule has 0 aromatic carbocycles. The number of nitrogens with one attached hydrogen (secondary N) is 1. The van der Waals surface area contributed by atoms with Gasteiger partial charge in [0.1, 0.15) is 11.5 Å². The van der Waals surface area contributed by atoms with E-state index in [4.69, 9.17) is 5.73 Å². The highest BCUT2D eigenvalue weighted by Gasteiger charge is 2.33. The fourth-order valence-electron chi connectivity index (χ4n) is 0.843. The van der Waals surface area contributed by atoms with Crippen LogP contribution < -0.4 is 5.73 Å². The summed E-state index contributed by atoms with van der Waals surface area (Å²) in [5, 5.41) is 0. The molecule has 74 valence electrons. The maximum Gasteiger partial charge on any atom is 0.432 e. The van der Waals surface area contributed by atoms with E-state index in [1.165, 1.54) is 0 Å². The number of hydrogen-bond acceptors (Lipinski definition) is 2. The number of nitrogens with two attached hydrogens (primary N) is 1. The first-order valence-corrected chi connectivity index (χ1v) is 3.77. The molecule has 1 aromatic rings. The number of hydrogen-bond donors (Lipinski definition) is 2. The van der Waals surface area contributed by atoms with Crippen LogP contribution in [0.3, 0.4) is 0 Å². The monoisotopic (exact) mass is 193 g/mol. The zero-order chi connectivity index (χ0) is 10.1. The van der Waals surface area contributed by atoms with Crippen LogP contribution in [0, 0.1) is 0 Å². The molecule has 0 bridgehead atoms. The van der Waals surface area contributed by atoms with Crippen molar-refractivity contribution in [2.24, 2.45) is 5.73 Å². The third-order valence-corrected chi connectivity index (χ3v) is 1.72. The molecule has 0 spiro atoms. The molecule has 6 heteroatoms. The number of alkyl halides is 3. The molecule has 13 heavy (non-hydrogen) atoms. The number of aromatic nitrogens is 2. The molecular weight excluding hydrogens is 183 g/mol. The number of nitrogens with zero attached hydrogens (tertiary/aromatic N) is 1. The summed E-state index contributed by atoms with van der Waals surface area (Å²) in [5.74, 6) is 0.0888. The van der Waals surface area contributed by atoms with Gasteiger partial charge in [0.15, 0.2) is 0 Å². The average molecular weight is 193 g/mol. The normalized spacial score (nSPS) is 14.5. The van der Waals surface area contributed by atoms with Gasteiger partial charge in [-0.1, -0.05) is 6.92 Å². The summed E-state index contributed by atoms with van der Waals surface area (Å²) in [7, 11) is 0. The van der Waals surface area contributed by atoms with Crippen LogP contribution in [0.5, 0.6) is 0 Å². The van der Waals surface area contributed by atoms with E-state index in [0.29, 0.717) is 0 Å². The highest BCUT2D eigenvalue weighted by molar-refractivity contribution is 5.07. The zero-order valence-corrected chi connectivity index (χ0v) is 7.02. The average Bonchev–Trinajstić information content (AvgIpc) is 2.50. The van der Waals surface area contributed by atoms with Crippen molar-refractivity contribution in [3.05, 3.63) is 17.7 Å². The van der Waals surface area contributed by atoms with Crippen molar-refractivity contribution >= 4 is 0 Å². The molecule has 3 nitrogen and oxygen atoms in total. The lowest BCUT2D eigenvalue weighted by Crippen LogP contribution is -2.11. The molecule has 0 aliphatic carbocycles. The maximum atomic E-state index is 12.1. The first-order valence-electron chi connectivity index (χ1n) is 3.77. The van der Waals surface area contributed by atoms with Gasteiger partial charge in [0.25, 0.3) is 0 Å². The Bertz CT molecular complexity index is 279. The van der Waals surface area contributed by atoms with Gasteiger partial charge in [0.05, 0.1) is 6.20 Å². The van der Waals surface area contributed by atoms with Gasteiger partial charge in [0.2, 0.25) is 0 Å². The van der Waals surface area contributed by atoms with Gasteiger partial charge < -0.3 is 10.7 Å². The van der Waals surface area contributed by atoms with Crippen molar-refractivity contribution < 1.29 is 13.2 Å². The first kappa shape index (κ1) is 10.0. The van der Waals surface area contributed by atoms with Crippen LogP contribution in [0.4, 0.5) is 13.2 Å². The molecule has 0 fully saturated rings. The topological polar surface area (TPSA) is 54.7 Å². The highest BCUT2D eigenvalue weighted by Crippen LogP contribution is 2.28. The smallest absolute Gasteiger partial charge is 0.338 e. The zero-order valence-electron chi connectivity index (χ0n) is 7.02. The quantitative estimate of drug-likeness (QED) is 0.747. The van der Waals surface area contributed by atoms with Crippen LogP contribution in [-0.4, -0.2) is 16.5 Å². The van der Waals surface area contributed by atoms with Crippen molar-refractivity contribution in [3.8, 4) is 0 Å². The molecular formula is C7H10F3N3. The first-order chi connectivity index (χ1) is 5.95. The number of aromatic amines is 1. The molecule has 0 aliphatic heterocycles. The van der Waals surface area contributed by atoms with Crippen LogP contribution in [0.2, 0.25) is 0 Å². The van der Waals surface area contributed by atoms with E-state index < -0.39 is 11.9 Å². The summed E-state index contributed by atoms with van der Waals surface area (Å²) in [4.78, 5) is 5.79. The van der Waals surface area contributed by atoms with Crippen molar-refractivity contribution in [3.63, 3.8) is 0 Å². The Labute approximate surface area is 73.2 Å². The SMILES string of the molecule is CC(CN)c1ncc(C(F)(F)F)[nH]1. The molecule has 0 amide bonds. The largest absolute Gasteiger partial charge is 0.432 e. The Morgan fingerprint density at radius 1 is 1.62 bits per heavy atom. The second-order valence-corrected chi connectivity index (χ2v) is 2.82. The lowest BCUT2D eigenvalue weighted by Gasteiger charge is -2.04. The van der Waals surface area contributed by atoms with Gasteiger partial charge >= 0.3 is 6.18 Å². The molecule has 1 aromatic heterocycles. The van der Waals surface area contributed by atoms with E-state index in [9.17, 15) is 13.2 Å². The molecule has 0 saturated carbocycles. The van der Waals surface area contributed by atoms with Gasteiger partial charge in [0, 0.05) is 12.5 Å². The van der Waals surface area contributed by atoms with Crippen LogP contribution in [0.1, 0.15) is 24.4 Å². The lowest BCUT2D eigenvalue weighted by molar-refractivity contribution is -0.140. The number of halogens is 3. The molecule has 0 aliphatic rings. The van der Waals surface area contributed by atoms with Crippen molar-refractivity contribution in [1.29, 1.82) is 0 Å². The lowest BCUT2D eigenvalue weighted by atomic mass is 10.2. The molecule has 3 N–H and O–H groups in total. The summed E-state index contributed by atoms with van der Waals surface area (Å²) in [5.41, 5.74) is 4.45. The Morgan fingerprint density at radius 2 is 2.23 bits per heavy atom. The minimum atomic E-state index is -4.36. The second-order valence-electron chi connectivity index (χ2n) is 2.82. The van der Waals surface area contributed by atoms with Crippen LogP contribution in [-0.2, 0) is 6.18 Å². The maximum absolute atomic E-state index is 12.1. The van der Waals surface area contributed by atoms with E-state index in [1.807, 2.05) is 0 Å². The number of H-pyrrole nitrogens is 1. The van der Waals surface area contributed by atoms with Gasteiger partial charge in [-0.3, -0.25) is 0 Å². The van der Waals surface area contributed by atoms with E-state index in [-0.39, 0.29) is 18.3 Å². The van der Waals surface area contributed by atoms with E-state index in [1.54, 1.807) is 6.92 Å². The van der Waals surface area contributed by atoms with E-state index >= 15 is 0 Å². The second kappa shape index (κ2) is 3.37. The summed E-state index contributed by atoms with van der Waals surface area (Å²) >= 11 is 0. The third kappa shape index (κ3) is 2.21. The van der Waals surface area contributed by atoms with E-state index in [2.05, 4.69) is 9.97 Å². The van der Waals surface area contributed by atoms with Gasteiger partial charge in [-0.2, -0.15) is 13.2 Å². The summed E-state index contributed by atoms with van der Waals surface area (Å²) in [6, 6.07) is 0. The predicted octanol–water partition coefficient (Wildman–Crippen LogP) is 1.49. The van der Waals surface area contributed by atoms with Crippen LogP contribution in [0.15, 0.2) is 6.20 Å². The minimum absolute atomic E-state index is 0.184. The third-order valence-electron chi connectivity index (χ3n) is 1.72. The molecule has 0 saturated heterocycles. The Hall–Kier alpha value is -1.04. The molecule has 1 rings (SSSR count). The van der Waals surface area contributed by atoms with Gasteiger partial charge in [-0.05, 0) is 0 Å². The van der Waals surface area contributed by atoms with Crippen molar-refractivity contribution in [2.75, 3.05) is 6.54 Å². The minimum Gasteiger partial charge on any atom is -0.338 e. The fourth-order valence-corrected chi connectivity index (χ4v) is 0.843. The predicted molar refractivity (Wildman–Crippen MR) is 41.1 cm³/mol. The van der Waals surface area contributed by atoms with Crippen molar-refractivity contribution in [1.82, 2.24) is 9.97 Å². The Morgan fingerprint density at radius 3 is 2.62 bits per heavy atom. The van der Waals surface area contributed by atoms with E-state index in [0.717, 1.165) is 6.20 Å². The Balaban J connectivity index is 2.87. The number of imidazole rings is 1. The van der Waals surface area contributed by atoms with Gasteiger partial charge in [-0.15, -0.1) is 0 Å². The highest BCUT2D eigenvalue weighted by atomic mass is 19.4. The van der Waals surface area contributed by atoms with Crippen LogP contribution in [0.25, 0.3) is 0 Å². The fraction of sp³-hybridized carbons (Fsp3) is 0.571. The summed E-state index contributed by atoms with van der Waals surface area (Å²) in [6.07, 6.45) is -3.58. The number of rotatable bonds is 2. The summed E-state index contributed by atoms with van der Waals surface area (Å²) in [6.45, 7) is 1.98. The standard InChI is InChI=1S/C7H10F3N3/c1-4(2-11)6-12-3-5(13-6)7(8,9)10/h3-4H,2,11H2,1H3,(H,12,13).